The summed E-state index contributed by atoms with van der Waals surface area (Å²) in [6, 6.07) is 19.8. The van der Waals surface area contributed by atoms with Gasteiger partial charge >= 0.3 is 0 Å². The number of carbonyl (C=O) groups excluding carboxylic acids is 2. The van der Waals surface area contributed by atoms with E-state index in [1.807, 2.05) is 19.1 Å². The summed E-state index contributed by atoms with van der Waals surface area (Å²) in [6.45, 7) is 9.45. The number of hydrogen-bond donors (Lipinski definition) is 1. The quantitative estimate of drug-likeness (QED) is 0.329. The maximum absolute atomic E-state index is 13.9. The molecule has 0 saturated carbocycles. The molecule has 9 heteroatoms. The zero-order valence-electron chi connectivity index (χ0n) is 23.0. The topological polar surface area (TPSA) is 86.8 Å². The molecule has 3 rings (SSSR count). The van der Waals surface area contributed by atoms with Gasteiger partial charge in [0, 0.05) is 18.1 Å². The highest BCUT2D eigenvalue weighted by Gasteiger charge is 2.32. The highest BCUT2D eigenvalue weighted by atomic mass is 35.5. The van der Waals surface area contributed by atoms with Crippen LogP contribution in [0.1, 0.15) is 50.3 Å². The molecule has 208 valence electrons. The van der Waals surface area contributed by atoms with Crippen molar-refractivity contribution in [2.75, 3.05) is 17.4 Å². The Morgan fingerprint density at radius 2 is 1.49 bits per heavy atom. The van der Waals surface area contributed by atoms with Gasteiger partial charge in [0.1, 0.15) is 12.6 Å². The van der Waals surface area contributed by atoms with Gasteiger partial charge in [-0.15, -0.1) is 0 Å². The lowest BCUT2D eigenvalue weighted by molar-refractivity contribution is -0.139. The van der Waals surface area contributed by atoms with Crippen molar-refractivity contribution in [3.8, 4) is 0 Å². The first-order chi connectivity index (χ1) is 18.4. The number of benzene rings is 3. The summed E-state index contributed by atoms with van der Waals surface area (Å²) in [5.74, 6) is -0.572. The van der Waals surface area contributed by atoms with Crippen molar-refractivity contribution < 1.29 is 18.0 Å². The van der Waals surface area contributed by atoms with Crippen molar-refractivity contribution in [3.63, 3.8) is 0 Å². The van der Waals surface area contributed by atoms with Gasteiger partial charge in [-0.2, -0.15) is 0 Å². The van der Waals surface area contributed by atoms with Gasteiger partial charge in [-0.3, -0.25) is 13.9 Å². The molecule has 0 aromatic heterocycles. The maximum Gasteiger partial charge on any atom is 0.264 e. The largest absolute Gasteiger partial charge is 0.355 e. The predicted octanol–water partition coefficient (Wildman–Crippen LogP) is 5.52. The van der Waals surface area contributed by atoms with Crippen molar-refractivity contribution in [1.82, 2.24) is 10.2 Å². The first-order valence-electron chi connectivity index (χ1n) is 12.9. The molecule has 1 atom stereocenters. The molecule has 0 aliphatic heterocycles. The molecule has 2 amide bonds. The van der Waals surface area contributed by atoms with Crippen LogP contribution in [-0.2, 0) is 26.2 Å². The van der Waals surface area contributed by atoms with Crippen LogP contribution in [0.2, 0.25) is 5.02 Å². The molecule has 7 nitrogen and oxygen atoms in total. The van der Waals surface area contributed by atoms with E-state index in [4.69, 9.17) is 11.6 Å². The van der Waals surface area contributed by atoms with Crippen LogP contribution < -0.4 is 9.62 Å². The fourth-order valence-electron chi connectivity index (χ4n) is 4.08. The number of nitrogens with one attached hydrogen (secondary N) is 1. The van der Waals surface area contributed by atoms with Crippen molar-refractivity contribution in [1.29, 1.82) is 0 Å². The second-order valence-corrected chi connectivity index (χ2v) is 12.1. The van der Waals surface area contributed by atoms with Gasteiger partial charge in [0.15, 0.2) is 0 Å². The molecule has 0 saturated heterocycles. The van der Waals surface area contributed by atoms with Gasteiger partial charge in [0.05, 0.1) is 10.6 Å². The summed E-state index contributed by atoms with van der Waals surface area (Å²) in [6.07, 6.45) is 0. The van der Waals surface area contributed by atoms with E-state index in [0.29, 0.717) is 17.3 Å². The average Bonchev–Trinajstić information content (AvgIpc) is 2.91. The minimum Gasteiger partial charge on any atom is -0.355 e. The van der Waals surface area contributed by atoms with Crippen LogP contribution in [0.25, 0.3) is 0 Å². The van der Waals surface area contributed by atoms with E-state index >= 15 is 0 Å². The Hall–Kier alpha value is -3.36. The molecule has 0 aliphatic carbocycles. The number of hydrogen-bond acceptors (Lipinski definition) is 4. The smallest absolute Gasteiger partial charge is 0.264 e. The molecule has 1 N–H and O–H groups in total. The van der Waals surface area contributed by atoms with Gasteiger partial charge in [-0.05, 0) is 74.2 Å². The van der Waals surface area contributed by atoms with Crippen LogP contribution in [0, 0.1) is 6.92 Å². The standard InChI is InChI=1S/C30H36ClN3O4S/c1-6-32-30(36)23(5)33(19-24-9-13-26(31)14-10-24)29(35)20-34(27-15-11-25(12-16-27)21(2)3)39(37,38)28-17-7-22(4)8-18-28/h7-18,21,23H,6,19-20H2,1-5H3,(H,32,36)/t23-/m0/s1. The molecule has 0 radical (unpaired) electrons. The van der Waals surface area contributed by atoms with E-state index in [0.717, 1.165) is 21.0 Å². The lowest BCUT2D eigenvalue weighted by atomic mass is 10.0. The number of rotatable bonds is 11. The minimum absolute atomic E-state index is 0.0786. The lowest BCUT2D eigenvalue weighted by Gasteiger charge is -2.32. The summed E-state index contributed by atoms with van der Waals surface area (Å²) < 4.78 is 28.9. The summed E-state index contributed by atoms with van der Waals surface area (Å²) in [4.78, 5) is 28.1. The van der Waals surface area contributed by atoms with Gasteiger partial charge in [-0.25, -0.2) is 8.42 Å². The Balaban J connectivity index is 2.03. The Morgan fingerprint density at radius 1 is 0.897 bits per heavy atom. The van der Waals surface area contributed by atoms with E-state index in [9.17, 15) is 18.0 Å². The van der Waals surface area contributed by atoms with E-state index in [2.05, 4.69) is 19.2 Å². The first-order valence-corrected chi connectivity index (χ1v) is 14.8. The highest BCUT2D eigenvalue weighted by Crippen LogP contribution is 2.27. The second-order valence-electron chi connectivity index (χ2n) is 9.79. The normalized spacial score (nSPS) is 12.2. The van der Waals surface area contributed by atoms with Crippen molar-refractivity contribution in [2.24, 2.45) is 0 Å². The zero-order chi connectivity index (χ0) is 28.7. The number of aryl methyl sites for hydroxylation is 1. The number of halogens is 1. The van der Waals surface area contributed by atoms with Crippen LogP contribution in [-0.4, -0.2) is 44.3 Å². The molecule has 0 heterocycles. The Labute approximate surface area is 236 Å². The molecular formula is C30H36ClN3O4S. The van der Waals surface area contributed by atoms with Crippen LogP contribution >= 0.6 is 11.6 Å². The van der Waals surface area contributed by atoms with Crippen molar-refractivity contribution >= 4 is 39.1 Å². The predicted molar refractivity (Wildman–Crippen MR) is 156 cm³/mol. The second kappa shape index (κ2) is 13.1. The van der Waals surface area contributed by atoms with Gasteiger partial charge in [0.2, 0.25) is 11.8 Å². The van der Waals surface area contributed by atoms with Crippen LogP contribution in [0.4, 0.5) is 5.69 Å². The Kier molecular flexibility index (Phi) is 10.2. The van der Waals surface area contributed by atoms with Crippen molar-refractivity contribution in [2.45, 2.75) is 58.0 Å². The number of nitrogens with zero attached hydrogens (tertiary/aromatic N) is 2. The number of likely N-dealkylation sites (N-methyl/N-ethyl adjacent to an activating group) is 1. The third-order valence-corrected chi connectivity index (χ3v) is 8.56. The monoisotopic (exact) mass is 569 g/mol. The molecule has 0 fully saturated rings. The highest BCUT2D eigenvalue weighted by molar-refractivity contribution is 7.92. The SMILES string of the molecule is CCNC(=O)[C@H](C)N(Cc1ccc(Cl)cc1)C(=O)CN(c1ccc(C(C)C)cc1)S(=O)(=O)c1ccc(C)cc1. The molecule has 0 spiro atoms. The summed E-state index contributed by atoms with van der Waals surface area (Å²) in [5.41, 5.74) is 3.10. The molecule has 0 aliphatic rings. The third kappa shape index (κ3) is 7.61. The van der Waals surface area contributed by atoms with Gasteiger partial charge < -0.3 is 10.2 Å². The maximum atomic E-state index is 13.9. The molecule has 3 aromatic rings. The Morgan fingerprint density at radius 3 is 2.03 bits per heavy atom. The molecule has 0 unspecified atom stereocenters. The lowest BCUT2D eigenvalue weighted by Crippen LogP contribution is -2.51. The average molecular weight is 570 g/mol. The fraction of sp³-hybridized carbons (Fsp3) is 0.333. The molecule has 0 bridgehead atoms. The van der Waals surface area contributed by atoms with Crippen molar-refractivity contribution in [3.05, 3.63) is 94.5 Å². The summed E-state index contributed by atoms with van der Waals surface area (Å²) >= 11 is 6.03. The van der Waals surface area contributed by atoms with E-state index in [-0.39, 0.29) is 23.3 Å². The molecule has 39 heavy (non-hydrogen) atoms. The van der Waals surface area contributed by atoms with Gasteiger partial charge in [0.25, 0.3) is 10.0 Å². The summed E-state index contributed by atoms with van der Waals surface area (Å²) in [5, 5.41) is 3.30. The summed E-state index contributed by atoms with van der Waals surface area (Å²) in [7, 11) is -4.10. The Bertz CT molecular complexity index is 1370. The van der Waals surface area contributed by atoms with Crippen LogP contribution in [0.5, 0.6) is 0 Å². The zero-order valence-corrected chi connectivity index (χ0v) is 24.6. The van der Waals surface area contributed by atoms with E-state index in [1.54, 1.807) is 62.4 Å². The third-order valence-electron chi connectivity index (χ3n) is 6.52. The number of amides is 2. The van der Waals surface area contributed by atoms with Gasteiger partial charge in [-0.1, -0.05) is 67.4 Å². The molecular weight excluding hydrogens is 534 g/mol. The van der Waals surface area contributed by atoms with Crippen LogP contribution in [0.3, 0.4) is 0 Å². The minimum atomic E-state index is -4.10. The van der Waals surface area contributed by atoms with E-state index < -0.39 is 28.5 Å². The van der Waals surface area contributed by atoms with E-state index in [1.165, 1.54) is 17.0 Å². The number of anilines is 1. The number of sulfonamides is 1. The fourth-order valence-corrected chi connectivity index (χ4v) is 5.62. The molecule has 3 aromatic carbocycles. The number of carbonyl (C=O) groups is 2. The van der Waals surface area contributed by atoms with Crippen LogP contribution in [0.15, 0.2) is 77.7 Å². The first kappa shape index (κ1) is 30.2.